The second kappa shape index (κ2) is 3.09. The molecule has 12 heavy (non-hydrogen) atoms. The molecular formula is C7H5I2N3. The smallest absolute Gasteiger partial charge is 0.157 e. The molecule has 2 heterocycles. The SMILES string of the molecule is Cc1cc2nc(I)cc(I)n2n1. The number of hydrogen-bond donors (Lipinski definition) is 0. The van der Waals surface area contributed by atoms with Gasteiger partial charge in [-0.25, -0.2) is 9.50 Å². The molecule has 0 fully saturated rings. The number of aromatic nitrogens is 3. The zero-order valence-electron chi connectivity index (χ0n) is 6.25. The van der Waals surface area contributed by atoms with Gasteiger partial charge in [0.05, 0.1) is 5.69 Å². The number of aryl methyl sites for hydroxylation is 1. The van der Waals surface area contributed by atoms with E-state index in [1.807, 2.05) is 23.6 Å². The minimum Gasteiger partial charge on any atom is -0.223 e. The molecule has 0 aliphatic carbocycles. The molecule has 0 amide bonds. The van der Waals surface area contributed by atoms with Gasteiger partial charge in [-0.15, -0.1) is 0 Å². The Labute approximate surface area is 96.8 Å². The molecule has 0 saturated heterocycles. The van der Waals surface area contributed by atoms with Gasteiger partial charge in [0.2, 0.25) is 0 Å². The van der Waals surface area contributed by atoms with Crippen LogP contribution < -0.4 is 0 Å². The fourth-order valence-corrected chi connectivity index (χ4v) is 2.81. The molecule has 0 unspecified atom stereocenters. The summed E-state index contributed by atoms with van der Waals surface area (Å²) in [4.78, 5) is 4.34. The Morgan fingerprint density at radius 2 is 2.08 bits per heavy atom. The van der Waals surface area contributed by atoms with Crippen molar-refractivity contribution in [1.82, 2.24) is 14.6 Å². The zero-order chi connectivity index (χ0) is 8.72. The van der Waals surface area contributed by atoms with E-state index < -0.39 is 0 Å². The van der Waals surface area contributed by atoms with Crippen molar-refractivity contribution < 1.29 is 0 Å². The van der Waals surface area contributed by atoms with Crippen molar-refractivity contribution in [1.29, 1.82) is 0 Å². The Kier molecular flexibility index (Phi) is 2.23. The number of rotatable bonds is 0. The van der Waals surface area contributed by atoms with Crippen LogP contribution in [0.3, 0.4) is 0 Å². The summed E-state index contributed by atoms with van der Waals surface area (Å²) < 4.78 is 3.94. The maximum Gasteiger partial charge on any atom is 0.157 e. The third-order valence-electron chi connectivity index (χ3n) is 1.47. The first kappa shape index (κ1) is 8.67. The first-order chi connectivity index (χ1) is 5.66. The van der Waals surface area contributed by atoms with Gasteiger partial charge in [0.25, 0.3) is 0 Å². The third-order valence-corrected chi connectivity index (χ3v) is 2.80. The fourth-order valence-electron chi connectivity index (χ4n) is 1.02. The second-order valence-electron chi connectivity index (χ2n) is 2.46. The van der Waals surface area contributed by atoms with Crippen molar-refractivity contribution in [3.8, 4) is 0 Å². The van der Waals surface area contributed by atoms with E-state index >= 15 is 0 Å². The Balaban J connectivity index is 2.88. The molecule has 0 N–H and O–H groups in total. The molecule has 0 aliphatic heterocycles. The molecule has 0 aliphatic rings. The fraction of sp³-hybridized carbons (Fsp3) is 0.143. The second-order valence-corrected chi connectivity index (χ2v) is 4.67. The molecule has 2 aromatic rings. The summed E-state index contributed by atoms with van der Waals surface area (Å²) in [5, 5.41) is 4.30. The van der Waals surface area contributed by atoms with Crippen LogP contribution in [0.2, 0.25) is 0 Å². The Bertz CT molecular complexity index is 435. The molecule has 0 atom stereocenters. The maximum absolute atomic E-state index is 4.34. The number of nitrogens with zero attached hydrogens (tertiary/aromatic N) is 3. The quantitative estimate of drug-likeness (QED) is 0.515. The lowest BCUT2D eigenvalue weighted by atomic mass is 10.5. The summed E-state index contributed by atoms with van der Waals surface area (Å²) in [7, 11) is 0. The van der Waals surface area contributed by atoms with Crippen molar-refractivity contribution in [3.63, 3.8) is 0 Å². The van der Waals surface area contributed by atoms with Crippen LogP contribution in [0, 0.1) is 14.3 Å². The van der Waals surface area contributed by atoms with Gasteiger partial charge < -0.3 is 0 Å². The first-order valence-electron chi connectivity index (χ1n) is 3.35. The van der Waals surface area contributed by atoms with E-state index in [2.05, 4.69) is 55.3 Å². The predicted octanol–water partition coefficient (Wildman–Crippen LogP) is 2.25. The molecule has 0 spiro atoms. The largest absolute Gasteiger partial charge is 0.223 e. The predicted molar refractivity (Wildman–Crippen MR) is 63.2 cm³/mol. The van der Waals surface area contributed by atoms with Crippen molar-refractivity contribution in [3.05, 3.63) is 25.2 Å². The van der Waals surface area contributed by atoms with E-state index in [0.717, 1.165) is 18.7 Å². The van der Waals surface area contributed by atoms with Gasteiger partial charge in [0.15, 0.2) is 5.65 Å². The summed E-state index contributed by atoms with van der Waals surface area (Å²) in [6.45, 7) is 1.97. The maximum atomic E-state index is 4.34. The van der Waals surface area contributed by atoms with Crippen LogP contribution >= 0.6 is 45.2 Å². The van der Waals surface area contributed by atoms with Crippen LogP contribution in [0.4, 0.5) is 0 Å². The number of hydrogen-bond acceptors (Lipinski definition) is 2. The van der Waals surface area contributed by atoms with Gasteiger partial charge in [-0.05, 0) is 52.1 Å². The Morgan fingerprint density at radius 1 is 1.33 bits per heavy atom. The highest BCUT2D eigenvalue weighted by molar-refractivity contribution is 14.1. The average Bonchev–Trinajstić information content (AvgIpc) is 2.29. The van der Waals surface area contributed by atoms with Crippen LogP contribution in [0.15, 0.2) is 12.1 Å². The normalized spacial score (nSPS) is 10.9. The van der Waals surface area contributed by atoms with E-state index in [-0.39, 0.29) is 0 Å². The van der Waals surface area contributed by atoms with E-state index in [9.17, 15) is 0 Å². The van der Waals surface area contributed by atoms with Crippen molar-refractivity contribution in [2.45, 2.75) is 6.92 Å². The Hall–Kier alpha value is 0.0800. The molecule has 62 valence electrons. The van der Waals surface area contributed by atoms with Crippen molar-refractivity contribution in [2.24, 2.45) is 0 Å². The number of fused-ring (bicyclic) bond motifs is 1. The van der Waals surface area contributed by atoms with Gasteiger partial charge in [0, 0.05) is 12.1 Å². The summed E-state index contributed by atoms with van der Waals surface area (Å²) in [5.74, 6) is 0. The van der Waals surface area contributed by atoms with Gasteiger partial charge in [-0.3, -0.25) is 0 Å². The van der Waals surface area contributed by atoms with E-state index in [1.165, 1.54) is 0 Å². The van der Waals surface area contributed by atoms with Gasteiger partial charge in [-0.2, -0.15) is 5.10 Å². The highest BCUT2D eigenvalue weighted by Gasteiger charge is 2.03. The lowest BCUT2D eigenvalue weighted by Crippen LogP contribution is -1.96. The topological polar surface area (TPSA) is 30.2 Å². The molecule has 0 bridgehead atoms. The average molecular weight is 385 g/mol. The molecular weight excluding hydrogens is 380 g/mol. The summed E-state index contributed by atoms with van der Waals surface area (Å²) in [5.41, 5.74) is 1.92. The minimum atomic E-state index is 0.920. The highest BCUT2D eigenvalue weighted by atomic mass is 127. The molecule has 5 heteroatoms. The van der Waals surface area contributed by atoms with Gasteiger partial charge >= 0.3 is 0 Å². The van der Waals surface area contributed by atoms with E-state index in [1.54, 1.807) is 0 Å². The van der Waals surface area contributed by atoms with Crippen LogP contribution in [0.5, 0.6) is 0 Å². The molecule has 2 aromatic heterocycles. The summed E-state index contributed by atoms with van der Waals surface area (Å²) in [6.07, 6.45) is 0. The lowest BCUT2D eigenvalue weighted by Gasteiger charge is -1.96. The summed E-state index contributed by atoms with van der Waals surface area (Å²) >= 11 is 4.46. The van der Waals surface area contributed by atoms with Gasteiger partial charge in [0.1, 0.15) is 7.40 Å². The monoisotopic (exact) mass is 385 g/mol. The summed E-state index contributed by atoms with van der Waals surface area (Å²) in [6, 6.07) is 3.98. The lowest BCUT2D eigenvalue weighted by molar-refractivity contribution is 0.887. The Morgan fingerprint density at radius 3 is 2.83 bits per heavy atom. The standard InChI is InChI=1S/C7H5I2N3/c1-4-2-7-10-5(8)3-6(9)12(7)11-4/h2-3H,1H3. The van der Waals surface area contributed by atoms with Crippen LogP contribution in [0.25, 0.3) is 5.65 Å². The molecule has 2 rings (SSSR count). The van der Waals surface area contributed by atoms with Gasteiger partial charge in [-0.1, -0.05) is 0 Å². The van der Waals surface area contributed by atoms with Crippen molar-refractivity contribution >= 4 is 50.8 Å². The molecule has 3 nitrogen and oxygen atoms in total. The van der Waals surface area contributed by atoms with Crippen molar-refractivity contribution in [2.75, 3.05) is 0 Å². The highest BCUT2D eigenvalue weighted by Crippen LogP contribution is 2.12. The van der Waals surface area contributed by atoms with Crippen LogP contribution in [-0.2, 0) is 0 Å². The minimum absolute atomic E-state index is 0.920. The molecule has 0 radical (unpaired) electrons. The van der Waals surface area contributed by atoms with E-state index in [4.69, 9.17) is 0 Å². The zero-order valence-corrected chi connectivity index (χ0v) is 10.6. The van der Waals surface area contributed by atoms with Crippen LogP contribution in [0.1, 0.15) is 5.69 Å². The van der Waals surface area contributed by atoms with Crippen LogP contribution in [-0.4, -0.2) is 14.6 Å². The molecule has 0 aromatic carbocycles. The first-order valence-corrected chi connectivity index (χ1v) is 5.51. The third kappa shape index (κ3) is 1.43. The molecule has 0 saturated carbocycles. The van der Waals surface area contributed by atoms with E-state index in [0.29, 0.717) is 0 Å². The number of halogens is 2.